The third-order valence-electron chi connectivity index (χ3n) is 6.19. The number of rotatable bonds is 17. The molecule has 2 heterocycles. The molecule has 0 aliphatic carbocycles. The number of carbonyl (C=O) groups excluding carboxylic acids is 2. The zero-order chi connectivity index (χ0) is 27.2. The van der Waals surface area contributed by atoms with Crippen molar-refractivity contribution in [1.82, 2.24) is 24.8 Å². The summed E-state index contributed by atoms with van der Waals surface area (Å²) in [5.41, 5.74) is 8.05. The van der Waals surface area contributed by atoms with Crippen LogP contribution in [-0.4, -0.2) is 49.8 Å². The Hall–Kier alpha value is -3.14. The molecule has 0 unspecified atom stereocenters. The van der Waals surface area contributed by atoms with Crippen molar-refractivity contribution in [2.45, 2.75) is 89.2 Å². The fraction of sp³-hybridized carbons (Fsp3) is 0.536. The van der Waals surface area contributed by atoms with E-state index >= 15 is 0 Å². The molecule has 0 spiro atoms. The van der Waals surface area contributed by atoms with E-state index in [1.165, 1.54) is 44.9 Å². The van der Waals surface area contributed by atoms with Crippen LogP contribution in [0.25, 0.3) is 11.2 Å². The fourth-order valence-corrected chi connectivity index (χ4v) is 5.22. The van der Waals surface area contributed by atoms with Crippen molar-refractivity contribution in [1.29, 1.82) is 0 Å². The van der Waals surface area contributed by atoms with Crippen LogP contribution in [0.5, 0.6) is 0 Å². The predicted octanol–water partition coefficient (Wildman–Crippen LogP) is 4.93. The second-order valence-corrected chi connectivity index (χ2v) is 10.4. The second-order valence-electron chi connectivity index (χ2n) is 9.32. The molecule has 0 aliphatic heterocycles. The van der Waals surface area contributed by atoms with Gasteiger partial charge in [0.1, 0.15) is 23.1 Å². The van der Waals surface area contributed by atoms with Crippen molar-refractivity contribution in [2.75, 3.05) is 18.1 Å². The summed E-state index contributed by atoms with van der Waals surface area (Å²) in [6.07, 6.45) is 12.0. The van der Waals surface area contributed by atoms with E-state index in [4.69, 9.17) is 10.5 Å². The van der Waals surface area contributed by atoms with Gasteiger partial charge in [-0.2, -0.15) is 4.98 Å². The summed E-state index contributed by atoms with van der Waals surface area (Å²) in [6, 6.07) is 8.72. The maximum atomic E-state index is 12.9. The molecular weight excluding hydrogens is 500 g/mol. The van der Waals surface area contributed by atoms with Crippen molar-refractivity contribution in [2.24, 2.45) is 0 Å². The number of benzene rings is 1. The molecule has 206 valence electrons. The zero-order valence-corrected chi connectivity index (χ0v) is 23.3. The molecule has 3 N–H and O–H groups in total. The molecule has 1 aromatic carbocycles. The minimum absolute atomic E-state index is 0.0558. The highest BCUT2D eigenvalue weighted by molar-refractivity contribution is 7.99. The smallest absolute Gasteiger partial charge is 0.328 e. The van der Waals surface area contributed by atoms with Crippen molar-refractivity contribution >= 4 is 40.8 Å². The number of fused-ring (bicyclic) bond motifs is 1. The molecule has 0 fully saturated rings. The van der Waals surface area contributed by atoms with Crippen molar-refractivity contribution in [3.05, 3.63) is 42.2 Å². The Morgan fingerprint density at radius 1 is 1.03 bits per heavy atom. The summed E-state index contributed by atoms with van der Waals surface area (Å²) in [4.78, 5) is 38.7. The van der Waals surface area contributed by atoms with E-state index in [0.29, 0.717) is 17.6 Å². The lowest BCUT2D eigenvalue weighted by Gasteiger charge is -2.17. The molecule has 38 heavy (non-hydrogen) atoms. The van der Waals surface area contributed by atoms with E-state index < -0.39 is 12.0 Å². The van der Waals surface area contributed by atoms with E-state index in [9.17, 15) is 9.59 Å². The maximum absolute atomic E-state index is 12.9. The first-order chi connectivity index (χ1) is 18.5. The number of esters is 1. The number of anilines is 1. The second kappa shape index (κ2) is 16.0. The first-order valence-corrected chi connectivity index (χ1v) is 14.6. The highest BCUT2D eigenvalue weighted by atomic mass is 32.2. The van der Waals surface area contributed by atoms with Gasteiger partial charge in [-0.25, -0.2) is 14.8 Å². The Bertz CT molecular complexity index is 1150. The number of nitrogens with two attached hydrogens (primary N) is 1. The van der Waals surface area contributed by atoms with Crippen molar-refractivity contribution < 1.29 is 14.3 Å². The Balaban J connectivity index is 1.58. The van der Waals surface area contributed by atoms with Crippen LogP contribution >= 0.6 is 11.8 Å². The van der Waals surface area contributed by atoms with Crippen molar-refractivity contribution in [3.8, 4) is 0 Å². The zero-order valence-electron chi connectivity index (χ0n) is 22.5. The number of imidazole rings is 1. The van der Waals surface area contributed by atoms with E-state index in [0.717, 1.165) is 22.8 Å². The largest absolute Gasteiger partial charge is 0.464 e. The Labute approximate surface area is 229 Å². The van der Waals surface area contributed by atoms with Gasteiger partial charge in [-0.1, -0.05) is 82.2 Å². The quantitative estimate of drug-likeness (QED) is 0.107. The molecule has 1 amide bonds. The molecule has 10 heteroatoms. The number of amides is 1. The lowest BCUT2D eigenvalue weighted by molar-refractivity contribution is -0.147. The van der Waals surface area contributed by atoms with Gasteiger partial charge in [-0.3, -0.25) is 4.79 Å². The van der Waals surface area contributed by atoms with Crippen LogP contribution in [0.2, 0.25) is 0 Å². The molecule has 0 saturated heterocycles. The molecule has 0 saturated carbocycles. The number of ether oxygens (including phenoxy) is 1. The molecule has 2 aromatic heterocycles. The number of nitrogens with one attached hydrogen (secondary N) is 1. The summed E-state index contributed by atoms with van der Waals surface area (Å²) in [6.45, 7) is 4.16. The lowest BCUT2D eigenvalue weighted by Crippen LogP contribution is -2.44. The van der Waals surface area contributed by atoms with Gasteiger partial charge in [0.05, 0.1) is 12.9 Å². The highest BCUT2D eigenvalue weighted by Crippen LogP contribution is 2.26. The monoisotopic (exact) mass is 540 g/mol. The fourth-order valence-electron chi connectivity index (χ4n) is 4.24. The summed E-state index contributed by atoms with van der Waals surface area (Å²) in [7, 11) is 0. The molecule has 1 atom stereocenters. The van der Waals surface area contributed by atoms with Gasteiger partial charge in [-0.15, -0.1) is 11.8 Å². The van der Waals surface area contributed by atoms with Crippen molar-refractivity contribution in [3.63, 3.8) is 0 Å². The minimum atomic E-state index is -0.794. The predicted molar refractivity (Wildman–Crippen MR) is 152 cm³/mol. The SMILES string of the molecule is CCCCCCCCCCSc1nc(N)nc2c1ncn2CC(=O)N[C@@H](Cc1ccccc1)C(=O)OCC. The summed E-state index contributed by atoms with van der Waals surface area (Å²) in [5, 5.41) is 3.54. The molecule has 9 nitrogen and oxygen atoms in total. The topological polar surface area (TPSA) is 125 Å². The Morgan fingerprint density at radius 2 is 1.74 bits per heavy atom. The van der Waals surface area contributed by atoms with Gasteiger partial charge < -0.3 is 20.4 Å². The number of nitrogen functional groups attached to an aromatic ring is 1. The Morgan fingerprint density at radius 3 is 2.45 bits per heavy atom. The van der Waals surface area contributed by atoms with E-state index in [1.54, 1.807) is 29.6 Å². The van der Waals surface area contributed by atoms with Crippen LogP contribution in [0.15, 0.2) is 41.7 Å². The van der Waals surface area contributed by atoms with Gasteiger partial charge in [0.25, 0.3) is 0 Å². The van der Waals surface area contributed by atoms with E-state index in [1.807, 2.05) is 30.3 Å². The van der Waals surface area contributed by atoms with E-state index in [-0.39, 0.29) is 25.0 Å². The van der Waals surface area contributed by atoms with Gasteiger partial charge >= 0.3 is 5.97 Å². The third kappa shape index (κ3) is 9.31. The summed E-state index contributed by atoms with van der Waals surface area (Å²) >= 11 is 1.62. The first kappa shape index (κ1) is 29.4. The van der Waals surface area contributed by atoms with Crippen LogP contribution in [0.4, 0.5) is 5.95 Å². The number of nitrogens with zero attached hydrogens (tertiary/aromatic N) is 4. The Kier molecular flexibility index (Phi) is 12.4. The average Bonchev–Trinajstić information content (AvgIpc) is 3.30. The third-order valence-corrected chi connectivity index (χ3v) is 7.24. The molecule has 0 aliphatic rings. The van der Waals surface area contributed by atoms with Crippen LogP contribution in [0.1, 0.15) is 70.8 Å². The molecule has 3 rings (SSSR count). The molecule has 3 aromatic rings. The standard InChI is InChI=1S/C28H40N6O3S/c1-3-5-6-7-8-9-10-14-17-38-26-24-25(32-28(29)33-26)34(20-30-24)19-23(35)31-22(27(36)37-4-2)18-21-15-12-11-13-16-21/h11-13,15-16,20,22H,3-10,14,17-19H2,1-2H3,(H,31,35)(H2,29,32,33)/t22-/m0/s1. The number of thioether (sulfide) groups is 1. The minimum Gasteiger partial charge on any atom is -0.464 e. The van der Waals surface area contributed by atoms with Gasteiger partial charge in [0.15, 0.2) is 5.65 Å². The van der Waals surface area contributed by atoms with Gasteiger partial charge in [-0.05, 0) is 24.7 Å². The normalized spacial score (nSPS) is 11.9. The number of hydrogen-bond donors (Lipinski definition) is 2. The number of hydrogen-bond acceptors (Lipinski definition) is 8. The van der Waals surface area contributed by atoms with Crippen LogP contribution < -0.4 is 11.1 Å². The average molecular weight is 541 g/mol. The number of aromatic nitrogens is 4. The number of unbranched alkanes of at least 4 members (excludes halogenated alkanes) is 7. The number of carbonyl (C=O) groups is 2. The lowest BCUT2D eigenvalue weighted by atomic mass is 10.1. The van der Waals surface area contributed by atoms with E-state index in [2.05, 4.69) is 27.2 Å². The van der Waals surface area contributed by atoms with Crippen LogP contribution in [0.3, 0.4) is 0 Å². The molecular formula is C28H40N6O3S. The highest BCUT2D eigenvalue weighted by Gasteiger charge is 2.23. The van der Waals surface area contributed by atoms with Gasteiger partial charge in [0.2, 0.25) is 11.9 Å². The first-order valence-electron chi connectivity index (χ1n) is 13.6. The molecule has 0 bridgehead atoms. The molecule has 0 radical (unpaired) electrons. The van der Waals surface area contributed by atoms with Gasteiger partial charge in [0, 0.05) is 6.42 Å². The summed E-state index contributed by atoms with van der Waals surface area (Å²) < 4.78 is 6.82. The van der Waals surface area contributed by atoms with Crippen LogP contribution in [-0.2, 0) is 27.3 Å². The van der Waals surface area contributed by atoms with Crippen LogP contribution in [0, 0.1) is 0 Å². The maximum Gasteiger partial charge on any atom is 0.328 e. The summed E-state index contributed by atoms with van der Waals surface area (Å²) in [5.74, 6) is 0.260.